The minimum Gasteiger partial charge on any atom is -0.254 e. The third-order valence-electron chi connectivity index (χ3n) is 4.47. The lowest BCUT2D eigenvalue weighted by Gasteiger charge is -2.24. The molecule has 3 rings (SSSR count). The van der Waals surface area contributed by atoms with Crippen LogP contribution in [0.1, 0.15) is 41.5 Å². The Hall–Kier alpha value is -2.89. The number of nitrogens with zero attached hydrogens (tertiary/aromatic N) is 2. The van der Waals surface area contributed by atoms with E-state index in [1.165, 1.54) is 13.0 Å². The van der Waals surface area contributed by atoms with Crippen LogP contribution >= 0.6 is 0 Å². The van der Waals surface area contributed by atoms with E-state index < -0.39 is 37.1 Å². The van der Waals surface area contributed by atoms with Gasteiger partial charge in [-0.2, -0.15) is 13.2 Å². The van der Waals surface area contributed by atoms with Gasteiger partial charge in [0.05, 0.1) is 19.6 Å². The molecule has 28 heavy (non-hydrogen) atoms. The second kappa shape index (κ2) is 8.42. The van der Waals surface area contributed by atoms with Gasteiger partial charge in [0.15, 0.2) is 0 Å². The van der Waals surface area contributed by atoms with Crippen LogP contribution < -0.4 is 0 Å². The lowest BCUT2D eigenvalue weighted by molar-refractivity contribution is -0.137. The summed E-state index contributed by atoms with van der Waals surface area (Å²) in [5, 5.41) is 4.91. The number of fused-ring (bicyclic) bond motifs is 1. The maximum absolute atomic E-state index is 13.0. The molecular formula is C22H21F3N2O. The fraction of sp³-hybridized carbons (Fsp3) is 0.273. The number of rotatable bonds is 7. The Morgan fingerprint density at radius 3 is 2.54 bits per heavy atom. The molecule has 0 saturated heterocycles. The zero-order valence-corrected chi connectivity index (χ0v) is 15.1. The van der Waals surface area contributed by atoms with Gasteiger partial charge in [-0.15, -0.1) is 4.91 Å². The number of alkyl halides is 3. The number of aryl methyl sites for hydroxylation is 1. The van der Waals surface area contributed by atoms with E-state index in [-0.39, 0.29) is 5.56 Å². The van der Waals surface area contributed by atoms with Crippen molar-refractivity contribution in [2.45, 2.75) is 31.9 Å². The summed E-state index contributed by atoms with van der Waals surface area (Å²) in [4.78, 5) is 11.7. The Bertz CT molecular complexity index is 1120. The minimum atomic E-state index is -4.61. The minimum absolute atomic E-state index is 0.0441. The number of hydrogen-bond acceptors (Lipinski definition) is 2. The molecule has 3 nitrogen and oxygen atoms in total. The third-order valence-corrected chi connectivity index (χ3v) is 4.47. The van der Waals surface area contributed by atoms with Gasteiger partial charge in [0, 0.05) is 9.24 Å². The predicted molar refractivity (Wildman–Crippen MR) is 105 cm³/mol. The fourth-order valence-electron chi connectivity index (χ4n) is 3.01. The molecule has 3 aromatic rings. The van der Waals surface area contributed by atoms with E-state index in [2.05, 4.69) is 5.29 Å². The summed E-state index contributed by atoms with van der Waals surface area (Å²) in [5.41, 5.74) is -0.431. The van der Waals surface area contributed by atoms with Gasteiger partial charge < -0.3 is 0 Å². The molecule has 0 fully saturated rings. The van der Waals surface area contributed by atoms with E-state index in [4.69, 9.17) is 5.48 Å². The Morgan fingerprint density at radius 2 is 1.79 bits per heavy atom. The van der Waals surface area contributed by atoms with Crippen molar-refractivity contribution < 1.29 is 18.7 Å². The molecule has 0 bridgehead atoms. The molecule has 0 unspecified atom stereocenters. The Morgan fingerprint density at radius 1 is 1.07 bits per heavy atom. The van der Waals surface area contributed by atoms with E-state index in [0.29, 0.717) is 10.6 Å². The molecule has 6 heteroatoms. The van der Waals surface area contributed by atoms with Crippen molar-refractivity contribution in [3.8, 4) is 0 Å². The van der Waals surface area contributed by atoms with E-state index in [0.717, 1.165) is 29.0 Å². The van der Waals surface area contributed by atoms with Crippen LogP contribution in [0.2, 0.25) is 0 Å². The normalized spacial score (nSPS) is 15.9. The molecular weight excluding hydrogens is 365 g/mol. The standard InChI is InChI=1S/C22H21F3N2O/c1-16(20-13-5-10-18-9-2-3-12-21(18)20)27(26-28)14-6-8-17-7-4-11-19(15-17)22(23,24)25/h2-5,7,9-13,15-16H,6,8,14H2,1H3/t16-/m1/s1/i6D2,14D2. The number of halogens is 3. The van der Waals surface area contributed by atoms with Crippen LogP contribution in [0.4, 0.5) is 13.2 Å². The zero-order valence-electron chi connectivity index (χ0n) is 19.1. The van der Waals surface area contributed by atoms with E-state index in [1.54, 1.807) is 24.3 Å². The number of nitroso groups, excluding NO2 is 1. The highest BCUT2D eigenvalue weighted by Gasteiger charge is 2.30. The molecule has 1 atom stereocenters. The monoisotopic (exact) mass is 390 g/mol. The van der Waals surface area contributed by atoms with Gasteiger partial charge in [-0.1, -0.05) is 60.7 Å². The molecule has 0 aliphatic rings. The van der Waals surface area contributed by atoms with Gasteiger partial charge in [0.2, 0.25) is 0 Å². The molecule has 0 aliphatic carbocycles. The van der Waals surface area contributed by atoms with Crippen LogP contribution in [0.15, 0.2) is 72.0 Å². The molecule has 0 radical (unpaired) electrons. The van der Waals surface area contributed by atoms with Crippen LogP contribution in [0.25, 0.3) is 10.8 Å². The smallest absolute Gasteiger partial charge is 0.254 e. The second-order valence-electron chi connectivity index (χ2n) is 6.33. The molecule has 0 N–H and O–H groups in total. The molecule has 0 heterocycles. The molecule has 3 aromatic carbocycles. The highest BCUT2D eigenvalue weighted by Crippen LogP contribution is 2.30. The van der Waals surface area contributed by atoms with Gasteiger partial charge in [0.25, 0.3) is 0 Å². The quantitative estimate of drug-likeness (QED) is 0.339. The zero-order chi connectivity index (χ0) is 23.7. The summed E-state index contributed by atoms with van der Waals surface area (Å²) in [6.45, 7) is -1.39. The average molecular weight is 390 g/mol. The van der Waals surface area contributed by atoms with Crippen molar-refractivity contribution >= 4 is 10.8 Å². The Balaban J connectivity index is 1.95. The number of benzene rings is 3. The summed E-state index contributed by atoms with van der Waals surface area (Å²) < 4.78 is 72.5. The fourth-order valence-corrected chi connectivity index (χ4v) is 3.01. The first-order chi connectivity index (χ1) is 14.9. The van der Waals surface area contributed by atoms with Gasteiger partial charge in [-0.3, -0.25) is 5.01 Å². The molecule has 146 valence electrons. The first-order valence-electron chi connectivity index (χ1n) is 10.6. The lowest BCUT2D eigenvalue weighted by Crippen LogP contribution is -2.22. The molecule has 0 aliphatic heterocycles. The van der Waals surface area contributed by atoms with Crippen molar-refractivity contribution in [3.05, 3.63) is 88.3 Å². The third kappa shape index (κ3) is 4.50. The highest BCUT2D eigenvalue weighted by atomic mass is 19.4. The van der Waals surface area contributed by atoms with Crippen molar-refractivity contribution in [2.75, 3.05) is 6.50 Å². The highest BCUT2D eigenvalue weighted by molar-refractivity contribution is 5.86. The maximum Gasteiger partial charge on any atom is 0.416 e. The Labute approximate surface area is 167 Å². The van der Waals surface area contributed by atoms with Crippen LogP contribution in [0, 0.1) is 4.91 Å². The maximum atomic E-state index is 13.0. The number of hydrogen-bond donors (Lipinski definition) is 0. The summed E-state index contributed by atoms with van der Waals surface area (Å²) in [5.74, 6) is 0. The SMILES string of the molecule is [2H]C([2H])(Cc1cccc(C(F)(F)F)c1)C([2H])([2H])N(N=O)[C@H](C)c1cccc2ccccc12. The molecule has 0 spiro atoms. The summed E-state index contributed by atoms with van der Waals surface area (Å²) in [6.07, 6.45) is -8.02. The van der Waals surface area contributed by atoms with Crippen molar-refractivity contribution in [1.29, 1.82) is 0 Å². The van der Waals surface area contributed by atoms with Gasteiger partial charge in [0.1, 0.15) is 0 Å². The lowest BCUT2D eigenvalue weighted by atomic mass is 9.99. The van der Waals surface area contributed by atoms with Crippen LogP contribution in [-0.2, 0) is 12.6 Å². The second-order valence-corrected chi connectivity index (χ2v) is 6.33. The van der Waals surface area contributed by atoms with Crippen molar-refractivity contribution in [1.82, 2.24) is 5.01 Å². The van der Waals surface area contributed by atoms with Gasteiger partial charge >= 0.3 is 6.18 Å². The van der Waals surface area contributed by atoms with Crippen LogP contribution in [0.3, 0.4) is 0 Å². The first kappa shape index (κ1) is 15.1. The summed E-state index contributed by atoms with van der Waals surface area (Å²) in [7, 11) is 0. The molecule has 0 aromatic heterocycles. The topological polar surface area (TPSA) is 32.7 Å². The first-order valence-corrected chi connectivity index (χ1v) is 8.65. The summed E-state index contributed by atoms with van der Waals surface area (Å²) >= 11 is 0. The van der Waals surface area contributed by atoms with Crippen molar-refractivity contribution in [3.63, 3.8) is 0 Å². The van der Waals surface area contributed by atoms with Gasteiger partial charge in [-0.05, 0) is 47.7 Å². The van der Waals surface area contributed by atoms with E-state index in [9.17, 15) is 18.1 Å². The molecule has 0 saturated carbocycles. The van der Waals surface area contributed by atoms with Crippen LogP contribution in [-0.4, -0.2) is 11.5 Å². The van der Waals surface area contributed by atoms with E-state index in [1.807, 2.05) is 18.2 Å². The average Bonchev–Trinajstić information content (AvgIpc) is 2.72. The van der Waals surface area contributed by atoms with E-state index >= 15 is 0 Å². The Kier molecular flexibility index (Phi) is 4.53. The van der Waals surface area contributed by atoms with Gasteiger partial charge in [-0.25, -0.2) is 0 Å². The largest absolute Gasteiger partial charge is 0.416 e. The summed E-state index contributed by atoms with van der Waals surface area (Å²) in [6, 6.07) is 15.7. The predicted octanol–water partition coefficient (Wildman–Crippen LogP) is 6.54. The van der Waals surface area contributed by atoms with Crippen LogP contribution in [0.5, 0.6) is 0 Å². The molecule has 0 amide bonds. The van der Waals surface area contributed by atoms with Crippen molar-refractivity contribution in [2.24, 2.45) is 5.29 Å².